The summed E-state index contributed by atoms with van der Waals surface area (Å²) in [5, 5.41) is 19.2. The van der Waals surface area contributed by atoms with Crippen LogP contribution in [-0.2, 0) is 9.47 Å². The maximum atomic E-state index is 9.67. The van der Waals surface area contributed by atoms with Crippen molar-refractivity contribution in [3.63, 3.8) is 0 Å². The van der Waals surface area contributed by atoms with Gasteiger partial charge in [-0.1, -0.05) is 12.2 Å². The Balaban J connectivity index is 2.50. The molecule has 2 N–H and O–H groups in total. The van der Waals surface area contributed by atoms with Gasteiger partial charge in [0.1, 0.15) is 18.3 Å². The standard InChI is InChI=1S/C10H18O4/c1-4-5-7(11)9(12)8-6-13-10(2,3)14-8/h4-5,7-9,11-12H,6H2,1-3H3/b5-4+/t7-,8-,9+/m1/s1. The van der Waals surface area contributed by atoms with E-state index >= 15 is 0 Å². The lowest BCUT2D eigenvalue weighted by atomic mass is 10.1. The van der Waals surface area contributed by atoms with Crippen molar-refractivity contribution in [1.29, 1.82) is 0 Å². The number of ether oxygens (including phenoxy) is 2. The van der Waals surface area contributed by atoms with E-state index in [2.05, 4.69) is 0 Å². The van der Waals surface area contributed by atoms with Gasteiger partial charge in [0.25, 0.3) is 0 Å². The average molecular weight is 202 g/mol. The molecule has 14 heavy (non-hydrogen) atoms. The van der Waals surface area contributed by atoms with Gasteiger partial charge in [0, 0.05) is 0 Å². The molecule has 1 rings (SSSR count). The predicted molar refractivity (Wildman–Crippen MR) is 51.7 cm³/mol. The zero-order valence-electron chi connectivity index (χ0n) is 8.80. The molecule has 1 aliphatic rings. The van der Waals surface area contributed by atoms with E-state index < -0.39 is 24.1 Å². The fourth-order valence-corrected chi connectivity index (χ4v) is 1.41. The molecule has 3 atom stereocenters. The van der Waals surface area contributed by atoms with E-state index in [9.17, 15) is 10.2 Å². The minimum absolute atomic E-state index is 0.308. The van der Waals surface area contributed by atoms with Gasteiger partial charge >= 0.3 is 0 Å². The molecule has 1 aliphatic heterocycles. The molecule has 1 heterocycles. The zero-order chi connectivity index (χ0) is 10.8. The van der Waals surface area contributed by atoms with Crippen molar-refractivity contribution in [3.8, 4) is 0 Å². The second kappa shape index (κ2) is 4.40. The van der Waals surface area contributed by atoms with Gasteiger partial charge in [0.2, 0.25) is 0 Å². The Bertz CT molecular complexity index is 212. The van der Waals surface area contributed by atoms with Crippen LogP contribution in [0.3, 0.4) is 0 Å². The molecule has 0 radical (unpaired) electrons. The summed E-state index contributed by atoms with van der Waals surface area (Å²) in [6.45, 7) is 5.65. The maximum absolute atomic E-state index is 9.67. The summed E-state index contributed by atoms with van der Waals surface area (Å²) in [5.41, 5.74) is 0. The van der Waals surface area contributed by atoms with Crippen LogP contribution < -0.4 is 0 Å². The Hall–Kier alpha value is -0.420. The molecule has 4 nitrogen and oxygen atoms in total. The van der Waals surface area contributed by atoms with Crippen LogP contribution in [0.25, 0.3) is 0 Å². The summed E-state index contributed by atoms with van der Waals surface area (Å²) in [5.74, 6) is -0.665. The largest absolute Gasteiger partial charge is 0.387 e. The van der Waals surface area contributed by atoms with E-state index in [0.29, 0.717) is 6.61 Å². The first kappa shape index (κ1) is 11.7. The molecule has 1 saturated heterocycles. The molecule has 1 fully saturated rings. The number of aliphatic hydroxyl groups is 2. The Morgan fingerprint density at radius 2 is 2.07 bits per heavy atom. The van der Waals surface area contributed by atoms with Gasteiger partial charge in [0.05, 0.1) is 6.61 Å². The Kier molecular flexibility index (Phi) is 3.66. The summed E-state index contributed by atoms with van der Waals surface area (Å²) in [6.07, 6.45) is 0.917. The lowest BCUT2D eigenvalue weighted by Gasteiger charge is -2.22. The molecule has 0 bridgehead atoms. The fraction of sp³-hybridized carbons (Fsp3) is 0.800. The van der Waals surface area contributed by atoms with Gasteiger partial charge in [0.15, 0.2) is 5.79 Å². The van der Waals surface area contributed by atoms with Crippen LogP contribution in [-0.4, -0.2) is 40.9 Å². The van der Waals surface area contributed by atoms with Gasteiger partial charge < -0.3 is 19.7 Å². The van der Waals surface area contributed by atoms with Crippen molar-refractivity contribution >= 4 is 0 Å². The van der Waals surface area contributed by atoms with Crippen LogP contribution in [0.5, 0.6) is 0 Å². The van der Waals surface area contributed by atoms with Crippen molar-refractivity contribution in [2.45, 2.75) is 44.9 Å². The lowest BCUT2D eigenvalue weighted by molar-refractivity contribution is -0.157. The van der Waals surface area contributed by atoms with E-state index in [1.165, 1.54) is 6.08 Å². The maximum Gasteiger partial charge on any atom is 0.163 e. The second-order valence-electron chi connectivity index (χ2n) is 3.87. The van der Waals surface area contributed by atoms with Crippen molar-refractivity contribution in [3.05, 3.63) is 12.2 Å². The number of allylic oxidation sites excluding steroid dienone is 1. The van der Waals surface area contributed by atoms with Crippen LogP contribution in [0.1, 0.15) is 20.8 Å². The number of aliphatic hydroxyl groups excluding tert-OH is 2. The monoisotopic (exact) mass is 202 g/mol. The third kappa shape index (κ3) is 2.78. The van der Waals surface area contributed by atoms with Crippen LogP contribution in [0, 0.1) is 0 Å². The van der Waals surface area contributed by atoms with Crippen LogP contribution in [0.4, 0.5) is 0 Å². The first-order valence-corrected chi connectivity index (χ1v) is 4.77. The predicted octanol–water partition coefficient (Wildman–Crippen LogP) is 0.436. The van der Waals surface area contributed by atoms with Gasteiger partial charge in [-0.15, -0.1) is 0 Å². The minimum atomic E-state index is -0.937. The van der Waals surface area contributed by atoms with Crippen molar-refractivity contribution < 1.29 is 19.7 Å². The molecule has 82 valence electrons. The highest BCUT2D eigenvalue weighted by atomic mass is 16.7. The second-order valence-corrected chi connectivity index (χ2v) is 3.87. The zero-order valence-corrected chi connectivity index (χ0v) is 8.80. The Labute approximate surface area is 84.1 Å². The van der Waals surface area contributed by atoms with E-state index in [4.69, 9.17) is 9.47 Å². The highest BCUT2D eigenvalue weighted by molar-refractivity contribution is 4.94. The molecule has 0 unspecified atom stereocenters. The molecule has 0 aromatic rings. The van der Waals surface area contributed by atoms with E-state index in [-0.39, 0.29) is 0 Å². The molecular formula is C10H18O4. The fourth-order valence-electron chi connectivity index (χ4n) is 1.41. The average Bonchev–Trinajstić information content (AvgIpc) is 2.45. The van der Waals surface area contributed by atoms with E-state index in [1.807, 2.05) is 0 Å². The summed E-state index contributed by atoms with van der Waals surface area (Å²) in [4.78, 5) is 0. The van der Waals surface area contributed by atoms with Gasteiger partial charge in [-0.05, 0) is 20.8 Å². The summed E-state index contributed by atoms with van der Waals surface area (Å²) < 4.78 is 10.7. The third-order valence-electron chi connectivity index (χ3n) is 2.15. The Morgan fingerprint density at radius 1 is 1.43 bits per heavy atom. The van der Waals surface area contributed by atoms with E-state index in [1.54, 1.807) is 26.8 Å². The molecule has 0 aliphatic carbocycles. The van der Waals surface area contributed by atoms with Crippen LogP contribution >= 0.6 is 0 Å². The number of hydrogen-bond donors (Lipinski definition) is 2. The molecule has 0 saturated carbocycles. The highest BCUT2D eigenvalue weighted by Gasteiger charge is 2.38. The number of hydrogen-bond acceptors (Lipinski definition) is 4. The summed E-state index contributed by atoms with van der Waals surface area (Å²) in [7, 11) is 0. The summed E-state index contributed by atoms with van der Waals surface area (Å²) in [6, 6.07) is 0. The van der Waals surface area contributed by atoms with Crippen LogP contribution in [0.15, 0.2) is 12.2 Å². The molecule has 4 heteroatoms. The van der Waals surface area contributed by atoms with Gasteiger partial charge in [-0.2, -0.15) is 0 Å². The first-order chi connectivity index (χ1) is 6.46. The summed E-state index contributed by atoms with van der Waals surface area (Å²) >= 11 is 0. The molecule has 0 amide bonds. The molecular weight excluding hydrogens is 184 g/mol. The number of rotatable bonds is 3. The molecule has 0 aromatic heterocycles. The lowest BCUT2D eigenvalue weighted by Crippen LogP contribution is -2.38. The Morgan fingerprint density at radius 3 is 2.50 bits per heavy atom. The van der Waals surface area contributed by atoms with Crippen molar-refractivity contribution in [2.24, 2.45) is 0 Å². The van der Waals surface area contributed by atoms with Gasteiger partial charge in [-0.25, -0.2) is 0 Å². The normalized spacial score (nSPS) is 30.8. The van der Waals surface area contributed by atoms with Crippen molar-refractivity contribution in [1.82, 2.24) is 0 Å². The van der Waals surface area contributed by atoms with Gasteiger partial charge in [-0.3, -0.25) is 0 Å². The highest BCUT2D eigenvalue weighted by Crippen LogP contribution is 2.25. The molecule has 0 spiro atoms. The van der Waals surface area contributed by atoms with Crippen LogP contribution in [0.2, 0.25) is 0 Å². The quantitative estimate of drug-likeness (QED) is 0.652. The smallest absolute Gasteiger partial charge is 0.163 e. The topological polar surface area (TPSA) is 58.9 Å². The third-order valence-corrected chi connectivity index (χ3v) is 2.15. The SMILES string of the molecule is C/C=C/[C@@H](O)[C@H](O)[C@H]1COC(C)(C)O1. The van der Waals surface area contributed by atoms with Crippen molar-refractivity contribution in [2.75, 3.05) is 6.61 Å². The minimum Gasteiger partial charge on any atom is -0.387 e. The molecule has 0 aromatic carbocycles. The van der Waals surface area contributed by atoms with E-state index in [0.717, 1.165) is 0 Å². The first-order valence-electron chi connectivity index (χ1n) is 4.77.